The SMILES string of the molecule is COC(=O)[C@@H]1CSC[NH2+]1. The van der Waals surface area contributed by atoms with Crippen molar-refractivity contribution in [2.45, 2.75) is 6.04 Å². The molecular weight excluding hydrogens is 138 g/mol. The molecule has 0 aliphatic carbocycles. The van der Waals surface area contributed by atoms with E-state index in [1.54, 1.807) is 11.8 Å². The second kappa shape index (κ2) is 3.08. The van der Waals surface area contributed by atoms with E-state index in [9.17, 15) is 4.79 Å². The molecule has 4 heteroatoms. The molecule has 0 spiro atoms. The van der Waals surface area contributed by atoms with Gasteiger partial charge >= 0.3 is 5.97 Å². The largest absolute Gasteiger partial charge is 0.465 e. The van der Waals surface area contributed by atoms with Gasteiger partial charge in [-0.15, -0.1) is 0 Å². The number of carbonyl (C=O) groups excluding carboxylic acids is 1. The van der Waals surface area contributed by atoms with Crippen molar-refractivity contribution in [1.29, 1.82) is 0 Å². The zero-order chi connectivity index (χ0) is 6.69. The Balaban J connectivity index is 2.32. The zero-order valence-corrected chi connectivity index (χ0v) is 6.11. The summed E-state index contributed by atoms with van der Waals surface area (Å²) >= 11 is 1.77. The lowest BCUT2D eigenvalue weighted by Crippen LogP contribution is -2.88. The Morgan fingerprint density at radius 1 is 1.89 bits per heavy atom. The molecule has 1 aliphatic rings. The predicted molar refractivity (Wildman–Crippen MR) is 35.1 cm³/mol. The van der Waals surface area contributed by atoms with Crippen LogP contribution >= 0.6 is 11.8 Å². The van der Waals surface area contributed by atoms with E-state index in [-0.39, 0.29) is 12.0 Å². The van der Waals surface area contributed by atoms with Crippen molar-refractivity contribution in [3.05, 3.63) is 0 Å². The second-order valence-corrected chi connectivity index (χ2v) is 2.98. The molecule has 0 aromatic heterocycles. The van der Waals surface area contributed by atoms with Crippen LogP contribution in [0, 0.1) is 0 Å². The number of methoxy groups -OCH3 is 1. The van der Waals surface area contributed by atoms with Crippen LogP contribution in [0.25, 0.3) is 0 Å². The molecule has 9 heavy (non-hydrogen) atoms. The van der Waals surface area contributed by atoms with Crippen molar-refractivity contribution in [2.75, 3.05) is 18.7 Å². The number of rotatable bonds is 1. The van der Waals surface area contributed by atoms with Crippen molar-refractivity contribution < 1.29 is 14.8 Å². The first kappa shape index (κ1) is 6.89. The minimum absolute atomic E-state index is 0.0556. The van der Waals surface area contributed by atoms with Gasteiger partial charge in [-0.1, -0.05) is 11.8 Å². The highest BCUT2D eigenvalue weighted by atomic mass is 32.2. The summed E-state index contributed by atoms with van der Waals surface area (Å²) in [5.41, 5.74) is 0. The van der Waals surface area contributed by atoms with Gasteiger partial charge in [0.1, 0.15) is 5.88 Å². The molecule has 0 amide bonds. The van der Waals surface area contributed by atoms with Crippen molar-refractivity contribution >= 4 is 17.7 Å². The average molecular weight is 148 g/mol. The number of hydrogen-bond donors (Lipinski definition) is 1. The van der Waals surface area contributed by atoms with E-state index in [1.165, 1.54) is 7.11 Å². The van der Waals surface area contributed by atoms with Crippen molar-refractivity contribution in [1.82, 2.24) is 0 Å². The smallest absolute Gasteiger partial charge is 0.365 e. The normalized spacial score (nSPS) is 26.1. The maximum Gasteiger partial charge on any atom is 0.365 e. The first-order valence-electron chi connectivity index (χ1n) is 2.83. The summed E-state index contributed by atoms with van der Waals surface area (Å²) in [6.07, 6.45) is 0. The Bertz CT molecular complexity index is 112. The van der Waals surface area contributed by atoms with E-state index in [2.05, 4.69) is 4.74 Å². The first-order valence-corrected chi connectivity index (χ1v) is 3.99. The highest BCUT2D eigenvalue weighted by Crippen LogP contribution is 2.02. The Morgan fingerprint density at radius 3 is 3.11 bits per heavy atom. The van der Waals surface area contributed by atoms with Gasteiger partial charge in [-0.05, 0) is 0 Å². The standard InChI is InChI=1S/C5H9NO2S/c1-8-5(7)4-2-9-3-6-4/h4,6H,2-3H2,1H3/p+1/t4-/m0/s1. The summed E-state index contributed by atoms with van der Waals surface area (Å²) in [6, 6.07) is 0.0556. The molecule has 52 valence electrons. The van der Waals surface area contributed by atoms with Crippen LogP contribution in [0.1, 0.15) is 0 Å². The molecule has 0 aromatic rings. The van der Waals surface area contributed by atoms with Gasteiger partial charge in [0.2, 0.25) is 0 Å². The van der Waals surface area contributed by atoms with Crippen LogP contribution in [0.5, 0.6) is 0 Å². The summed E-state index contributed by atoms with van der Waals surface area (Å²) in [5.74, 6) is 1.78. The fraction of sp³-hybridized carbons (Fsp3) is 0.800. The minimum Gasteiger partial charge on any atom is -0.465 e. The Morgan fingerprint density at radius 2 is 2.67 bits per heavy atom. The van der Waals surface area contributed by atoms with E-state index in [1.807, 2.05) is 5.32 Å². The highest BCUT2D eigenvalue weighted by molar-refractivity contribution is 7.99. The lowest BCUT2D eigenvalue weighted by molar-refractivity contribution is -0.649. The first-order chi connectivity index (χ1) is 4.34. The van der Waals surface area contributed by atoms with Crippen LogP contribution in [-0.2, 0) is 9.53 Å². The van der Waals surface area contributed by atoms with Crippen LogP contribution < -0.4 is 5.32 Å². The number of quaternary nitrogens is 1. The monoisotopic (exact) mass is 148 g/mol. The van der Waals surface area contributed by atoms with Crippen molar-refractivity contribution in [2.24, 2.45) is 0 Å². The second-order valence-electron chi connectivity index (χ2n) is 1.90. The quantitative estimate of drug-likeness (QED) is 0.475. The van der Waals surface area contributed by atoms with Gasteiger partial charge in [0.25, 0.3) is 0 Å². The molecule has 0 radical (unpaired) electrons. The number of nitrogens with two attached hydrogens (primary N) is 1. The summed E-state index contributed by atoms with van der Waals surface area (Å²) in [4.78, 5) is 10.7. The fourth-order valence-corrected chi connectivity index (χ4v) is 1.79. The van der Waals surface area contributed by atoms with Crippen LogP contribution in [0.15, 0.2) is 0 Å². The molecule has 0 aromatic carbocycles. The van der Waals surface area contributed by atoms with E-state index in [0.29, 0.717) is 0 Å². The molecule has 0 unspecified atom stereocenters. The Hall–Kier alpha value is -0.220. The molecule has 1 atom stereocenters. The highest BCUT2D eigenvalue weighted by Gasteiger charge is 2.26. The maximum absolute atomic E-state index is 10.7. The molecule has 3 nitrogen and oxygen atoms in total. The summed E-state index contributed by atoms with van der Waals surface area (Å²) in [7, 11) is 1.43. The van der Waals surface area contributed by atoms with Gasteiger partial charge in [-0.25, -0.2) is 4.79 Å². The molecule has 2 N–H and O–H groups in total. The third-order valence-electron chi connectivity index (χ3n) is 1.30. The number of ether oxygens (including phenoxy) is 1. The maximum atomic E-state index is 10.7. The molecule has 1 heterocycles. The van der Waals surface area contributed by atoms with Gasteiger partial charge < -0.3 is 10.1 Å². The lowest BCUT2D eigenvalue weighted by Gasteiger charge is -2.00. The molecule has 1 saturated heterocycles. The summed E-state index contributed by atoms with van der Waals surface area (Å²) in [5, 5.41) is 2.00. The van der Waals surface area contributed by atoms with Crippen LogP contribution in [0.4, 0.5) is 0 Å². The summed E-state index contributed by atoms with van der Waals surface area (Å²) < 4.78 is 4.55. The number of esters is 1. The molecule has 1 fully saturated rings. The number of carbonyl (C=O) groups is 1. The Kier molecular flexibility index (Phi) is 2.36. The topological polar surface area (TPSA) is 42.9 Å². The van der Waals surface area contributed by atoms with Crippen LogP contribution in [0.3, 0.4) is 0 Å². The van der Waals surface area contributed by atoms with E-state index in [0.717, 1.165) is 11.6 Å². The van der Waals surface area contributed by atoms with Gasteiger partial charge in [-0.2, -0.15) is 0 Å². The minimum atomic E-state index is -0.0972. The summed E-state index contributed by atoms with van der Waals surface area (Å²) in [6.45, 7) is 0. The third kappa shape index (κ3) is 1.59. The predicted octanol–water partition coefficient (Wildman–Crippen LogP) is -1.20. The zero-order valence-electron chi connectivity index (χ0n) is 5.29. The third-order valence-corrected chi connectivity index (χ3v) is 2.32. The average Bonchev–Trinajstić information content (AvgIpc) is 2.37. The van der Waals surface area contributed by atoms with E-state index in [4.69, 9.17) is 0 Å². The van der Waals surface area contributed by atoms with Crippen molar-refractivity contribution in [3.63, 3.8) is 0 Å². The fourth-order valence-electron chi connectivity index (χ4n) is 0.763. The van der Waals surface area contributed by atoms with Gasteiger partial charge in [0.15, 0.2) is 6.04 Å². The van der Waals surface area contributed by atoms with Crippen molar-refractivity contribution in [3.8, 4) is 0 Å². The Labute approximate surface area is 58.1 Å². The molecule has 1 rings (SSSR count). The van der Waals surface area contributed by atoms with Gasteiger partial charge in [0, 0.05) is 0 Å². The number of hydrogen-bond acceptors (Lipinski definition) is 3. The van der Waals surface area contributed by atoms with Crippen LogP contribution in [-0.4, -0.2) is 30.8 Å². The van der Waals surface area contributed by atoms with E-state index < -0.39 is 0 Å². The van der Waals surface area contributed by atoms with E-state index >= 15 is 0 Å². The number of thioether (sulfide) groups is 1. The van der Waals surface area contributed by atoms with Gasteiger partial charge in [0.05, 0.1) is 12.9 Å². The van der Waals surface area contributed by atoms with Crippen LogP contribution in [0.2, 0.25) is 0 Å². The molecule has 0 saturated carbocycles. The molecule has 0 bridgehead atoms. The lowest BCUT2D eigenvalue weighted by atomic mass is 10.3. The van der Waals surface area contributed by atoms with Gasteiger partial charge in [-0.3, -0.25) is 0 Å². The molecular formula is C5H10NO2S+. The molecule has 1 aliphatic heterocycles.